The van der Waals surface area contributed by atoms with Gasteiger partial charge in [-0.1, -0.05) is 24.3 Å². The number of rotatable bonds is 6. The third-order valence-corrected chi connectivity index (χ3v) is 6.92. The molecule has 0 bridgehead atoms. The number of nitrogens with two attached hydrogens (primary N) is 1. The Morgan fingerprint density at radius 2 is 2.08 bits per heavy atom. The summed E-state index contributed by atoms with van der Waals surface area (Å²) in [7, 11) is 0. The zero-order valence-corrected chi connectivity index (χ0v) is 16.1. The largest absolute Gasteiger partial charge is 0.365 e. The number of hydrogen-bond acceptors (Lipinski definition) is 4. The number of nitrogens with one attached hydrogen (secondary N) is 1. The second kappa shape index (κ2) is 7.62. The van der Waals surface area contributed by atoms with Gasteiger partial charge in [-0.15, -0.1) is 23.1 Å². The Kier molecular flexibility index (Phi) is 5.49. The number of carbonyl (C=O) groups is 2. The van der Waals surface area contributed by atoms with Crippen molar-refractivity contribution < 1.29 is 9.59 Å². The van der Waals surface area contributed by atoms with E-state index in [-0.39, 0.29) is 11.2 Å². The number of hydrogen-bond donors (Lipinski definition) is 2. The van der Waals surface area contributed by atoms with Gasteiger partial charge in [0.2, 0.25) is 5.91 Å². The van der Waals surface area contributed by atoms with Crippen molar-refractivity contribution in [1.29, 1.82) is 0 Å². The van der Waals surface area contributed by atoms with Crippen molar-refractivity contribution in [1.82, 2.24) is 0 Å². The summed E-state index contributed by atoms with van der Waals surface area (Å²) >= 11 is 3.09. The molecule has 1 atom stereocenters. The van der Waals surface area contributed by atoms with Gasteiger partial charge in [0.1, 0.15) is 5.00 Å². The maximum absolute atomic E-state index is 12.5. The number of anilines is 1. The Morgan fingerprint density at radius 3 is 2.80 bits per heavy atom. The van der Waals surface area contributed by atoms with Gasteiger partial charge in [0, 0.05) is 10.6 Å². The molecule has 0 unspecified atom stereocenters. The fraction of sp³-hybridized carbons (Fsp3) is 0.368. The molecule has 0 radical (unpaired) electrons. The van der Waals surface area contributed by atoms with Gasteiger partial charge in [-0.2, -0.15) is 0 Å². The molecule has 0 saturated heterocycles. The van der Waals surface area contributed by atoms with Crippen LogP contribution in [0.25, 0.3) is 0 Å². The van der Waals surface area contributed by atoms with E-state index >= 15 is 0 Å². The van der Waals surface area contributed by atoms with E-state index in [1.165, 1.54) is 27.3 Å². The first-order chi connectivity index (χ1) is 12.0. The number of benzene rings is 1. The zero-order valence-electron chi connectivity index (χ0n) is 14.4. The quantitative estimate of drug-likeness (QED) is 0.805. The Morgan fingerprint density at radius 1 is 1.32 bits per heavy atom. The smallest absolute Gasteiger partial charge is 0.251 e. The topological polar surface area (TPSA) is 72.2 Å². The van der Waals surface area contributed by atoms with Gasteiger partial charge in [-0.05, 0) is 49.8 Å². The van der Waals surface area contributed by atoms with Gasteiger partial charge in [-0.3, -0.25) is 9.59 Å². The number of fused-ring (bicyclic) bond motifs is 1. The summed E-state index contributed by atoms with van der Waals surface area (Å²) in [6.07, 6.45) is 2.89. The number of amides is 2. The molecule has 2 amide bonds. The van der Waals surface area contributed by atoms with Crippen LogP contribution >= 0.6 is 23.1 Å². The summed E-state index contributed by atoms with van der Waals surface area (Å²) in [6, 6.07) is 8.19. The van der Waals surface area contributed by atoms with E-state index in [1.807, 2.05) is 19.1 Å². The van der Waals surface area contributed by atoms with Crippen LogP contribution in [0.3, 0.4) is 0 Å². The number of primary amides is 1. The predicted molar refractivity (Wildman–Crippen MR) is 105 cm³/mol. The second-order valence-electron chi connectivity index (χ2n) is 6.29. The van der Waals surface area contributed by atoms with Gasteiger partial charge < -0.3 is 11.1 Å². The van der Waals surface area contributed by atoms with Crippen molar-refractivity contribution in [3.05, 3.63) is 51.4 Å². The molecule has 4 nitrogen and oxygen atoms in total. The molecule has 0 aliphatic heterocycles. The van der Waals surface area contributed by atoms with E-state index in [1.54, 1.807) is 11.8 Å². The highest BCUT2D eigenvalue weighted by molar-refractivity contribution is 7.99. The molecule has 0 fully saturated rings. The van der Waals surface area contributed by atoms with E-state index in [0.29, 0.717) is 10.6 Å². The van der Waals surface area contributed by atoms with Crippen LogP contribution in [-0.4, -0.2) is 17.1 Å². The average Bonchev–Trinajstić information content (AvgIpc) is 3.13. The van der Waals surface area contributed by atoms with Crippen LogP contribution in [0.5, 0.6) is 0 Å². The van der Waals surface area contributed by atoms with Gasteiger partial charge >= 0.3 is 0 Å². The molecule has 0 saturated carbocycles. The summed E-state index contributed by atoms with van der Waals surface area (Å²) in [5, 5.41) is 3.34. The Bertz CT molecular complexity index is 814. The molecule has 1 aromatic carbocycles. The summed E-state index contributed by atoms with van der Waals surface area (Å²) in [6.45, 7) is 3.97. The lowest BCUT2D eigenvalue weighted by molar-refractivity contribution is -0.115. The standard InChI is InChI=1S/C19H22N2O2S2/c1-11-6-3-4-7-13(11)10-24-12(2)18(23)21-19-16(17(20)22)14-8-5-9-15(14)25-19/h3-4,6-7,12H,5,8-10H2,1-2H3,(H2,20,22)(H,21,23)/t12-/m0/s1. The number of thiophene rings is 1. The van der Waals surface area contributed by atoms with Gasteiger partial charge in [0.15, 0.2) is 0 Å². The van der Waals surface area contributed by atoms with E-state index in [2.05, 4.69) is 24.4 Å². The van der Waals surface area contributed by atoms with Crippen molar-refractivity contribution in [2.45, 2.75) is 44.1 Å². The normalized spacial score (nSPS) is 14.2. The molecule has 1 aliphatic rings. The number of carbonyl (C=O) groups excluding carboxylic acids is 2. The second-order valence-corrected chi connectivity index (χ2v) is 8.73. The first-order valence-corrected chi connectivity index (χ1v) is 10.2. The minimum Gasteiger partial charge on any atom is -0.365 e. The van der Waals surface area contributed by atoms with Crippen LogP contribution in [0, 0.1) is 6.92 Å². The SMILES string of the molecule is Cc1ccccc1CS[C@@H](C)C(=O)Nc1sc2c(c1C(N)=O)CCC2. The van der Waals surface area contributed by atoms with Gasteiger partial charge in [-0.25, -0.2) is 0 Å². The molecule has 132 valence electrons. The maximum Gasteiger partial charge on any atom is 0.251 e. The molecule has 6 heteroatoms. The van der Waals surface area contributed by atoms with Crippen molar-refractivity contribution >= 4 is 39.9 Å². The lowest BCUT2D eigenvalue weighted by Crippen LogP contribution is -2.24. The third-order valence-electron chi connectivity index (χ3n) is 4.52. The van der Waals surface area contributed by atoms with E-state index in [0.717, 1.165) is 30.6 Å². The van der Waals surface area contributed by atoms with Gasteiger partial charge in [0.25, 0.3) is 5.91 Å². The van der Waals surface area contributed by atoms with Crippen LogP contribution in [-0.2, 0) is 23.4 Å². The van der Waals surface area contributed by atoms with Crippen molar-refractivity contribution in [2.24, 2.45) is 5.73 Å². The van der Waals surface area contributed by atoms with E-state index < -0.39 is 5.91 Å². The average molecular weight is 375 g/mol. The monoisotopic (exact) mass is 374 g/mol. The Labute approximate surface area is 156 Å². The van der Waals surface area contributed by atoms with Crippen LogP contribution in [0.1, 0.15) is 45.3 Å². The van der Waals surface area contributed by atoms with E-state index in [4.69, 9.17) is 5.73 Å². The highest BCUT2D eigenvalue weighted by atomic mass is 32.2. The highest BCUT2D eigenvalue weighted by Gasteiger charge is 2.27. The Balaban J connectivity index is 1.66. The summed E-state index contributed by atoms with van der Waals surface area (Å²) in [4.78, 5) is 25.5. The summed E-state index contributed by atoms with van der Waals surface area (Å²) < 4.78 is 0. The molecule has 1 aromatic heterocycles. The molecule has 2 aromatic rings. The predicted octanol–water partition coefficient (Wildman–Crippen LogP) is 3.90. The van der Waals surface area contributed by atoms with Crippen LogP contribution in [0.15, 0.2) is 24.3 Å². The number of thioether (sulfide) groups is 1. The van der Waals surface area contributed by atoms with Gasteiger partial charge in [0.05, 0.1) is 10.8 Å². The summed E-state index contributed by atoms with van der Waals surface area (Å²) in [5.41, 5.74) is 9.56. The molecule has 1 heterocycles. The lowest BCUT2D eigenvalue weighted by atomic mass is 10.1. The van der Waals surface area contributed by atoms with Crippen LogP contribution in [0.2, 0.25) is 0 Å². The zero-order chi connectivity index (χ0) is 18.0. The molecule has 1 aliphatic carbocycles. The minimum atomic E-state index is -0.449. The molecular formula is C19H22N2O2S2. The molecule has 25 heavy (non-hydrogen) atoms. The first kappa shape index (κ1) is 18.0. The molecular weight excluding hydrogens is 352 g/mol. The van der Waals surface area contributed by atoms with Crippen LogP contribution in [0.4, 0.5) is 5.00 Å². The number of aryl methyl sites for hydroxylation is 2. The van der Waals surface area contributed by atoms with Crippen molar-refractivity contribution in [2.75, 3.05) is 5.32 Å². The van der Waals surface area contributed by atoms with Crippen LogP contribution < -0.4 is 11.1 Å². The lowest BCUT2D eigenvalue weighted by Gasteiger charge is -2.13. The molecule has 0 spiro atoms. The Hall–Kier alpha value is -1.79. The summed E-state index contributed by atoms with van der Waals surface area (Å²) in [5.74, 6) is 0.251. The maximum atomic E-state index is 12.5. The molecule has 3 rings (SSSR count). The minimum absolute atomic E-state index is 0.0824. The fourth-order valence-electron chi connectivity index (χ4n) is 3.03. The fourth-order valence-corrected chi connectivity index (χ4v) is 5.29. The van der Waals surface area contributed by atoms with E-state index in [9.17, 15) is 9.59 Å². The van der Waals surface area contributed by atoms with Crippen molar-refractivity contribution in [3.8, 4) is 0 Å². The third kappa shape index (κ3) is 3.90. The van der Waals surface area contributed by atoms with Crippen molar-refractivity contribution in [3.63, 3.8) is 0 Å². The first-order valence-electron chi connectivity index (χ1n) is 8.38. The highest BCUT2D eigenvalue weighted by Crippen LogP contribution is 2.39. The molecule has 3 N–H and O–H groups in total.